The molecule has 0 saturated carbocycles. The molecule has 0 spiro atoms. The molecule has 0 aliphatic rings. The number of nitrogens with zero attached hydrogens (tertiary/aromatic N) is 1. The number of aromatic nitrogens is 1. The molecule has 24 heavy (non-hydrogen) atoms. The van der Waals surface area contributed by atoms with Crippen molar-refractivity contribution in [1.29, 1.82) is 0 Å². The monoisotopic (exact) mass is 344 g/mol. The van der Waals surface area contributed by atoms with E-state index in [0.717, 1.165) is 28.6 Å². The molecule has 0 aliphatic heterocycles. The fourth-order valence-corrected chi connectivity index (χ4v) is 3.03. The van der Waals surface area contributed by atoms with Crippen LogP contribution in [0.4, 0.5) is 13.9 Å². The first kappa shape index (κ1) is 16.3. The summed E-state index contributed by atoms with van der Waals surface area (Å²) in [6, 6.07) is 10.9. The van der Waals surface area contributed by atoms with Crippen LogP contribution in [0.25, 0.3) is 0 Å². The Balaban J connectivity index is 1.70. The summed E-state index contributed by atoms with van der Waals surface area (Å²) in [4.78, 5) is 17.1. The van der Waals surface area contributed by atoms with Crippen LogP contribution in [0.2, 0.25) is 0 Å². The van der Waals surface area contributed by atoms with Gasteiger partial charge >= 0.3 is 0 Å². The minimum atomic E-state index is -0.773. The second kappa shape index (κ2) is 6.88. The van der Waals surface area contributed by atoms with Crippen LogP contribution in [0.15, 0.2) is 48.7 Å². The first-order chi connectivity index (χ1) is 11.5. The predicted octanol–water partition coefficient (Wildman–Crippen LogP) is 4.57. The van der Waals surface area contributed by atoms with Gasteiger partial charge in [0.05, 0.1) is 5.56 Å². The molecule has 3 aromatic rings. The number of thiazole rings is 1. The lowest BCUT2D eigenvalue weighted by atomic mass is 10.1. The summed E-state index contributed by atoms with van der Waals surface area (Å²) in [5.41, 5.74) is 1.98. The van der Waals surface area contributed by atoms with Crippen molar-refractivity contribution < 1.29 is 13.6 Å². The van der Waals surface area contributed by atoms with Crippen molar-refractivity contribution in [3.63, 3.8) is 0 Å². The first-order valence-electron chi connectivity index (χ1n) is 7.28. The summed E-state index contributed by atoms with van der Waals surface area (Å²) in [5.74, 6) is -2.16. The van der Waals surface area contributed by atoms with Crippen LogP contribution in [0.1, 0.15) is 26.4 Å². The van der Waals surface area contributed by atoms with Crippen molar-refractivity contribution in [3.05, 3.63) is 81.9 Å². The smallest absolute Gasteiger partial charge is 0.260 e. The first-order valence-corrected chi connectivity index (χ1v) is 8.09. The number of anilines is 1. The lowest BCUT2D eigenvalue weighted by Crippen LogP contribution is -2.13. The molecule has 0 radical (unpaired) electrons. The Hall–Kier alpha value is -2.60. The van der Waals surface area contributed by atoms with Crippen LogP contribution in [0.3, 0.4) is 0 Å². The van der Waals surface area contributed by atoms with Crippen molar-refractivity contribution in [3.8, 4) is 0 Å². The van der Waals surface area contributed by atoms with E-state index in [1.165, 1.54) is 16.9 Å². The second-order valence-corrected chi connectivity index (χ2v) is 6.49. The van der Waals surface area contributed by atoms with Crippen LogP contribution < -0.4 is 5.32 Å². The van der Waals surface area contributed by atoms with Crippen LogP contribution in [-0.2, 0) is 6.42 Å². The molecule has 1 N–H and O–H groups in total. The highest BCUT2D eigenvalue weighted by atomic mass is 32.1. The molecule has 6 heteroatoms. The molecule has 0 saturated heterocycles. The third-order valence-corrected chi connectivity index (χ3v) is 4.36. The van der Waals surface area contributed by atoms with E-state index < -0.39 is 17.5 Å². The van der Waals surface area contributed by atoms with Gasteiger partial charge in [-0.15, -0.1) is 11.3 Å². The van der Waals surface area contributed by atoms with E-state index in [1.54, 1.807) is 6.20 Å². The fraction of sp³-hybridized carbons (Fsp3) is 0.111. The molecule has 0 aliphatic carbocycles. The van der Waals surface area contributed by atoms with Gasteiger partial charge < -0.3 is 0 Å². The summed E-state index contributed by atoms with van der Waals surface area (Å²) < 4.78 is 26.8. The number of carbonyl (C=O) groups excluding carboxylic acids is 1. The third kappa shape index (κ3) is 3.83. The van der Waals surface area contributed by atoms with Gasteiger partial charge in [0.1, 0.15) is 11.6 Å². The quantitative estimate of drug-likeness (QED) is 0.753. The zero-order valence-electron chi connectivity index (χ0n) is 12.8. The zero-order valence-corrected chi connectivity index (χ0v) is 13.7. The molecule has 1 heterocycles. The zero-order chi connectivity index (χ0) is 17.1. The molecule has 0 bridgehead atoms. The van der Waals surface area contributed by atoms with E-state index in [2.05, 4.69) is 10.3 Å². The number of amides is 1. The molecule has 0 fully saturated rings. The van der Waals surface area contributed by atoms with Crippen LogP contribution in [-0.4, -0.2) is 10.9 Å². The number of halogens is 2. The second-order valence-electron chi connectivity index (χ2n) is 5.37. The summed E-state index contributed by atoms with van der Waals surface area (Å²) in [5, 5.41) is 2.86. The number of carbonyl (C=O) groups is 1. The Morgan fingerprint density at radius 3 is 2.67 bits per heavy atom. The number of aryl methyl sites for hydroxylation is 1. The van der Waals surface area contributed by atoms with E-state index in [-0.39, 0.29) is 5.56 Å². The Morgan fingerprint density at radius 2 is 1.92 bits per heavy atom. The summed E-state index contributed by atoms with van der Waals surface area (Å²) in [6.07, 6.45) is 2.37. The SMILES string of the molecule is Cc1ccc(Cc2cnc(NC(=O)c3cc(F)ccc3F)s2)cc1. The van der Waals surface area contributed by atoms with Crippen molar-refractivity contribution >= 4 is 22.4 Å². The lowest BCUT2D eigenvalue weighted by Gasteiger charge is -2.03. The topological polar surface area (TPSA) is 42.0 Å². The van der Waals surface area contributed by atoms with Gasteiger partial charge in [-0.25, -0.2) is 13.8 Å². The highest BCUT2D eigenvalue weighted by molar-refractivity contribution is 7.15. The molecule has 0 unspecified atom stereocenters. The number of hydrogen-bond donors (Lipinski definition) is 1. The van der Waals surface area contributed by atoms with Gasteiger partial charge in [0.25, 0.3) is 5.91 Å². The standard InChI is InChI=1S/C18H14F2N2OS/c1-11-2-4-12(5-3-11)8-14-10-21-18(24-14)22-17(23)15-9-13(19)6-7-16(15)20/h2-7,9-10H,8H2,1H3,(H,21,22,23). The maximum atomic E-state index is 13.6. The fourth-order valence-electron chi connectivity index (χ4n) is 2.19. The predicted molar refractivity (Wildman–Crippen MR) is 90.4 cm³/mol. The maximum Gasteiger partial charge on any atom is 0.260 e. The van der Waals surface area contributed by atoms with E-state index in [1.807, 2.05) is 31.2 Å². The number of benzene rings is 2. The van der Waals surface area contributed by atoms with Crippen LogP contribution in [0, 0.1) is 18.6 Å². The van der Waals surface area contributed by atoms with Gasteiger partial charge in [-0.2, -0.15) is 0 Å². The minimum absolute atomic E-state index is 0.342. The average molecular weight is 344 g/mol. The largest absolute Gasteiger partial charge is 0.298 e. The molecular weight excluding hydrogens is 330 g/mol. The Morgan fingerprint density at radius 1 is 1.17 bits per heavy atom. The molecule has 3 rings (SSSR count). The van der Waals surface area contributed by atoms with Gasteiger partial charge in [-0.3, -0.25) is 10.1 Å². The summed E-state index contributed by atoms with van der Waals surface area (Å²) >= 11 is 1.31. The number of rotatable bonds is 4. The van der Waals surface area contributed by atoms with Gasteiger partial charge in [-0.05, 0) is 30.7 Å². The maximum absolute atomic E-state index is 13.6. The summed E-state index contributed by atoms with van der Waals surface area (Å²) in [6.45, 7) is 2.02. The molecule has 122 valence electrons. The Kier molecular flexibility index (Phi) is 4.66. The number of nitrogens with one attached hydrogen (secondary N) is 1. The third-order valence-electron chi connectivity index (χ3n) is 3.45. The van der Waals surface area contributed by atoms with Crippen LogP contribution in [0.5, 0.6) is 0 Å². The molecule has 3 nitrogen and oxygen atoms in total. The summed E-state index contributed by atoms with van der Waals surface area (Å²) in [7, 11) is 0. The highest BCUT2D eigenvalue weighted by Crippen LogP contribution is 2.22. The molecule has 2 aromatic carbocycles. The average Bonchev–Trinajstić information content (AvgIpc) is 2.99. The number of hydrogen-bond acceptors (Lipinski definition) is 3. The van der Waals surface area contributed by atoms with E-state index in [9.17, 15) is 13.6 Å². The minimum Gasteiger partial charge on any atom is -0.298 e. The van der Waals surface area contributed by atoms with Crippen molar-refractivity contribution in [2.45, 2.75) is 13.3 Å². The van der Waals surface area contributed by atoms with Crippen molar-refractivity contribution in [2.75, 3.05) is 5.32 Å². The Bertz CT molecular complexity index is 875. The van der Waals surface area contributed by atoms with Gasteiger partial charge in [-0.1, -0.05) is 29.8 Å². The van der Waals surface area contributed by atoms with Gasteiger partial charge in [0.15, 0.2) is 5.13 Å². The van der Waals surface area contributed by atoms with Gasteiger partial charge in [0.2, 0.25) is 0 Å². The molecular formula is C18H14F2N2OS. The van der Waals surface area contributed by atoms with Gasteiger partial charge in [0, 0.05) is 17.5 Å². The highest BCUT2D eigenvalue weighted by Gasteiger charge is 2.14. The molecule has 1 amide bonds. The van der Waals surface area contributed by atoms with E-state index >= 15 is 0 Å². The van der Waals surface area contributed by atoms with E-state index in [0.29, 0.717) is 11.6 Å². The van der Waals surface area contributed by atoms with Crippen LogP contribution >= 0.6 is 11.3 Å². The van der Waals surface area contributed by atoms with E-state index in [4.69, 9.17) is 0 Å². The molecule has 0 atom stereocenters. The normalized spacial score (nSPS) is 10.6. The van der Waals surface area contributed by atoms with Crippen molar-refractivity contribution in [1.82, 2.24) is 4.98 Å². The lowest BCUT2D eigenvalue weighted by molar-refractivity contribution is 0.102. The van der Waals surface area contributed by atoms with Crippen molar-refractivity contribution in [2.24, 2.45) is 0 Å². The Labute approximate surface area is 142 Å². The molecule has 1 aromatic heterocycles.